The van der Waals surface area contributed by atoms with E-state index in [2.05, 4.69) is 0 Å². The van der Waals surface area contributed by atoms with Crippen molar-refractivity contribution in [1.29, 1.82) is 0 Å². The van der Waals surface area contributed by atoms with Crippen LogP contribution in [0.25, 0.3) is 0 Å². The molecule has 0 unspecified atom stereocenters. The van der Waals surface area contributed by atoms with E-state index in [1.54, 1.807) is 35.2 Å². The van der Waals surface area contributed by atoms with Crippen LogP contribution < -0.4 is 13.8 Å². The Bertz CT molecular complexity index is 846. The van der Waals surface area contributed by atoms with E-state index in [0.29, 0.717) is 24.4 Å². The first-order valence-corrected chi connectivity index (χ1v) is 8.90. The van der Waals surface area contributed by atoms with Gasteiger partial charge in [0.15, 0.2) is 11.5 Å². The fourth-order valence-corrected chi connectivity index (χ4v) is 3.51. The number of carbonyl (C=O) groups excluding carboxylic acids is 1. The van der Waals surface area contributed by atoms with Crippen LogP contribution in [0.2, 0.25) is 0 Å². The average molecular weight is 347 g/mol. The van der Waals surface area contributed by atoms with Gasteiger partial charge < -0.3 is 13.8 Å². The summed E-state index contributed by atoms with van der Waals surface area (Å²) in [7, 11) is -2.54. The molecule has 1 fully saturated rings. The molecule has 1 aliphatic heterocycles. The molecule has 0 atom stereocenters. The van der Waals surface area contributed by atoms with Gasteiger partial charge in [-0.15, -0.1) is 0 Å². The van der Waals surface area contributed by atoms with Crippen LogP contribution in [0.3, 0.4) is 0 Å². The highest BCUT2D eigenvalue weighted by atomic mass is 32.2. The lowest BCUT2D eigenvalue weighted by atomic mass is 10.3. The third-order valence-corrected chi connectivity index (χ3v) is 5.03. The Morgan fingerprint density at radius 2 is 1.67 bits per heavy atom. The number of benzene rings is 2. The second-order valence-corrected chi connectivity index (χ2v) is 6.88. The largest absolute Gasteiger partial charge is 0.493 e. The molecule has 126 valence electrons. The fraction of sp³-hybridized carbons (Fsp3) is 0.235. The summed E-state index contributed by atoms with van der Waals surface area (Å²) in [5, 5.41) is 0. The Morgan fingerprint density at radius 1 is 1.00 bits per heavy atom. The molecule has 2 aromatic carbocycles. The van der Waals surface area contributed by atoms with Crippen LogP contribution >= 0.6 is 0 Å². The molecule has 2 aromatic rings. The van der Waals surface area contributed by atoms with Crippen molar-refractivity contribution in [2.45, 2.75) is 17.7 Å². The fourth-order valence-electron chi connectivity index (χ4n) is 2.57. The number of para-hydroxylation sites is 2. The molecule has 1 heterocycles. The maximum Gasteiger partial charge on any atom is 0.339 e. The van der Waals surface area contributed by atoms with Gasteiger partial charge in [0.2, 0.25) is 5.91 Å². The Hall–Kier alpha value is -2.54. The molecular weight excluding hydrogens is 330 g/mol. The topological polar surface area (TPSA) is 72.9 Å². The summed E-state index contributed by atoms with van der Waals surface area (Å²) in [5.41, 5.74) is 0.689. The van der Waals surface area contributed by atoms with Gasteiger partial charge in [-0.1, -0.05) is 12.1 Å². The number of carbonyl (C=O) groups is 1. The van der Waals surface area contributed by atoms with Gasteiger partial charge in [-0.25, -0.2) is 0 Å². The summed E-state index contributed by atoms with van der Waals surface area (Å²) in [5.74, 6) is 0.509. The number of methoxy groups -OCH3 is 1. The normalized spacial score (nSPS) is 14.7. The Labute approximate surface area is 140 Å². The smallest absolute Gasteiger partial charge is 0.339 e. The molecule has 0 radical (unpaired) electrons. The Kier molecular flexibility index (Phi) is 4.44. The number of rotatable bonds is 5. The van der Waals surface area contributed by atoms with Gasteiger partial charge in [0, 0.05) is 18.7 Å². The van der Waals surface area contributed by atoms with Crippen molar-refractivity contribution in [1.82, 2.24) is 0 Å². The lowest BCUT2D eigenvalue weighted by molar-refractivity contribution is -0.117. The van der Waals surface area contributed by atoms with Crippen LogP contribution in [0, 0.1) is 0 Å². The van der Waals surface area contributed by atoms with Crippen molar-refractivity contribution in [2.24, 2.45) is 0 Å². The van der Waals surface area contributed by atoms with Crippen LogP contribution in [-0.2, 0) is 14.9 Å². The zero-order valence-corrected chi connectivity index (χ0v) is 14.0. The van der Waals surface area contributed by atoms with Crippen LogP contribution in [0.15, 0.2) is 53.4 Å². The van der Waals surface area contributed by atoms with Crippen molar-refractivity contribution >= 4 is 21.7 Å². The number of amides is 1. The lowest BCUT2D eigenvalue weighted by Gasteiger charge is -2.16. The number of hydrogen-bond acceptors (Lipinski definition) is 5. The maximum atomic E-state index is 12.4. The van der Waals surface area contributed by atoms with E-state index < -0.39 is 10.1 Å². The molecule has 1 aliphatic rings. The first-order chi connectivity index (χ1) is 11.5. The predicted octanol–water partition coefficient (Wildman–Crippen LogP) is 2.59. The van der Waals surface area contributed by atoms with E-state index >= 15 is 0 Å². The van der Waals surface area contributed by atoms with Gasteiger partial charge in [-0.3, -0.25) is 4.79 Å². The summed E-state index contributed by atoms with van der Waals surface area (Å²) >= 11 is 0. The van der Waals surface area contributed by atoms with E-state index in [4.69, 9.17) is 8.92 Å². The number of ether oxygens (including phenoxy) is 1. The van der Waals surface area contributed by atoms with Gasteiger partial charge in [-0.05, 0) is 42.8 Å². The van der Waals surface area contributed by atoms with Crippen LogP contribution in [0.1, 0.15) is 12.8 Å². The molecule has 3 rings (SSSR count). The number of anilines is 1. The minimum atomic E-state index is -3.98. The van der Waals surface area contributed by atoms with Gasteiger partial charge in [0.05, 0.1) is 7.11 Å². The van der Waals surface area contributed by atoms with Crippen molar-refractivity contribution < 1.29 is 22.1 Å². The monoisotopic (exact) mass is 347 g/mol. The minimum Gasteiger partial charge on any atom is -0.493 e. The second-order valence-electron chi connectivity index (χ2n) is 5.33. The number of nitrogens with zero attached hydrogens (tertiary/aromatic N) is 1. The summed E-state index contributed by atoms with van der Waals surface area (Å²) in [6, 6.07) is 12.6. The lowest BCUT2D eigenvalue weighted by Crippen LogP contribution is -2.23. The molecule has 1 amide bonds. The van der Waals surface area contributed by atoms with E-state index in [1.807, 2.05) is 0 Å². The standard InChI is InChI=1S/C17H17NO5S/c1-22-15-5-2-3-6-16(15)23-24(20,21)14-10-8-13(9-11-14)18-12-4-7-17(18)19/h2-3,5-6,8-11H,4,7,12H2,1H3. The van der Waals surface area contributed by atoms with Crippen LogP contribution in [0.4, 0.5) is 5.69 Å². The Morgan fingerprint density at radius 3 is 2.25 bits per heavy atom. The van der Waals surface area contributed by atoms with Gasteiger partial charge in [-0.2, -0.15) is 8.42 Å². The SMILES string of the molecule is COc1ccccc1OS(=O)(=O)c1ccc(N2CCCC2=O)cc1. The van der Waals surface area contributed by atoms with E-state index in [9.17, 15) is 13.2 Å². The molecule has 0 aliphatic carbocycles. The van der Waals surface area contributed by atoms with Crippen molar-refractivity contribution in [3.05, 3.63) is 48.5 Å². The van der Waals surface area contributed by atoms with Crippen molar-refractivity contribution in [2.75, 3.05) is 18.6 Å². The van der Waals surface area contributed by atoms with Crippen molar-refractivity contribution in [3.8, 4) is 11.5 Å². The summed E-state index contributed by atoms with van der Waals surface area (Å²) in [6.07, 6.45) is 1.34. The predicted molar refractivity (Wildman–Crippen MR) is 88.8 cm³/mol. The highest BCUT2D eigenvalue weighted by Gasteiger charge is 2.23. The molecule has 0 saturated carbocycles. The van der Waals surface area contributed by atoms with Crippen LogP contribution in [-0.4, -0.2) is 28.0 Å². The first-order valence-electron chi connectivity index (χ1n) is 7.49. The first kappa shape index (κ1) is 16.3. The summed E-state index contributed by atoms with van der Waals surface area (Å²) in [4.78, 5) is 13.4. The minimum absolute atomic E-state index is 0.0174. The van der Waals surface area contributed by atoms with E-state index in [-0.39, 0.29) is 16.6 Å². The van der Waals surface area contributed by atoms with Gasteiger partial charge >= 0.3 is 10.1 Å². The molecular formula is C17H17NO5S. The maximum absolute atomic E-state index is 12.4. The van der Waals surface area contributed by atoms with E-state index in [0.717, 1.165) is 6.42 Å². The highest BCUT2D eigenvalue weighted by molar-refractivity contribution is 7.87. The highest BCUT2D eigenvalue weighted by Crippen LogP contribution is 2.30. The molecule has 7 heteroatoms. The average Bonchev–Trinajstić information content (AvgIpc) is 3.01. The summed E-state index contributed by atoms with van der Waals surface area (Å²) in [6.45, 7) is 0.655. The molecule has 1 saturated heterocycles. The zero-order valence-electron chi connectivity index (χ0n) is 13.1. The second kappa shape index (κ2) is 6.52. The quantitative estimate of drug-likeness (QED) is 0.777. The zero-order chi connectivity index (χ0) is 17.2. The van der Waals surface area contributed by atoms with E-state index in [1.165, 1.54) is 25.3 Å². The van der Waals surface area contributed by atoms with Crippen molar-refractivity contribution in [3.63, 3.8) is 0 Å². The van der Waals surface area contributed by atoms with Gasteiger partial charge in [0.1, 0.15) is 4.90 Å². The van der Waals surface area contributed by atoms with Gasteiger partial charge in [0.25, 0.3) is 0 Å². The molecule has 6 nitrogen and oxygen atoms in total. The molecule has 0 aromatic heterocycles. The third-order valence-electron chi connectivity index (χ3n) is 3.78. The third kappa shape index (κ3) is 3.21. The molecule has 0 N–H and O–H groups in total. The summed E-state index contributed by atoms with van der Waals surface area (Å²) < 4.78 is 35.1. The Balaban J connectivity index is 1.83. The number of hydrogen-bond donors (Lipinski definition) is 0. The molecule has 24 heavy (non-hydrogen) atoms. The molecule has 0 spiro atoms. The molecule has 0 bridgehead atoms. The van der Waals surface area contributed by atoms with Crippen LogP contribution in [0.5, 0.6) is 11.5 Å².